The molecule has 0 aromatic carbocycles. The first-order chi connectivity index (χ1) is 6.04. The van der Waals surface area contributed by atoms with E-state index in [1.54, 1.807) is 0 Å². The maximum atomic E-state index is 10.7. The normalized spacial score (nSPS) is 21.2. The molecule has 0 radical (unpaired) electrons. The summed E-state index contributed by atoms with van der Waals surface area (Å²) in [4.78, 5) is 10.7. The minimum Gasteiger partial charge on any atom is -0.276 e. The molecule has 0 aromatic heterocycles. The van der Waals surface area contributed by atoms with Crippen LogP contribution in [0.15, 0.2) is 23.8 Å². The molecule has 0 heterocycles. The zero-order valence-electron chi connectivity index (χ0n) is 6.20. The van der Waals surface area contributed by atoms with Gasteiger partial charge in [-0.15, -0.1) is 11.6 Å². The standard InChI is InChI=1S/C7H4Cl2O3S/c8-6-4(7(9)10)2-1-3-5(6)13(11)12/h1-3,6H. The third-order valence-corrected chi connectivity index (χ3v) is 3.05. The van der Waals surface area contributed by atoms with Crippen LogP contribution < -0.4 is 0 Å². The van der Waals surface area contributed by atoms with Gasteiger partial charge in [-0.05, 0) is 17.7 Å². The minimum absolute atomic E-state index is 0.0480. The van der Waals surface area contributed by atoms with Crippen molar-refractivity contribution in [2.45, 2.75) is 5.38 Å². The summed E-state index contributed by atoms with van der Waals surface area (Å²) in [6.45, 7) is 0. The van der Waals surface area contributed by atoms with Crippen LogP contribution in [-0.4, -0.2) is 23.9 Å². The summed E-state index contributed by atoms with van der Waals surface area (Å²) in [5, 5.41) is -1.72. The Hall–Kier alpha value is -0.580. The molecule has 1 aliphatic carbocycles. The van der Waals surface area contributed by atoms with E-state index < -0.39 is 20.9 Å². The van der Waals surface area contributed by atoms with Crippen molar-refractivity contribution in [2.75, 3.05) is 0 Å². The highest BCUT2D eigenvalue weighted by Crippen LogP contribution is 2.19. The van der Waals surface area contributed by atoms with Crippen molar-refractivity contribution >= 4 is 43.6 Å². The van der Waals surface area contributed by atoms with E-state index in [1.807, 2.05) is 0 Å². The molecule has 0 saturated carbocycles. The molecule has 1 atom stereocenters. The molecule has 0 aromatic rings. The smallest absolute Gasteiger partial charge is 0.250 e. The molecular weight excluding hydrogens is 235 g/mol. The van der Waals surface area contributed by atoms with Crippen molar-refractivity contribution in [1.29, 1.82) is 0 Å². The van der Waals surface area contributed by atoms with Gasteiger partial charge in [0.05, 0.1) is 4.86 Å². The molecule has 6 heteroatoms. The Morgan fingerprint density at radius 2 is 2.08 bits per heavy atom. The Bertz CT molecular complexity index is 423. The summed E-state index contributed by atoms with van der Waals surface area (Å²) in [5.74, 6) is 0. The lowest BCUT2D eigenvalue weighted by Crippen LogP contribution is -2.21. The van der Waals surface area contributed by atoms with Crippen LogP contribution in [0, 0.1) is 0 Å². The maximum Gasteiger partial charge on any atom is 0.250 e. The van der Waals surface area contributed by atoms with Gasteiger partial charge >= 0.3 is 0 Å². The molecule has 13 heavy (non-hydrogen) atoms. The molecule has 0 spiro atoms. The molecular formula is C7H4Cl2O3S. The average Bonchev–Trinajstić information content (AvgIpc) is 2.03. The highest BCUT2D eigenvalue weighted by molar-refractivity contribution is 7.73. The fraction of sp³-hybridized carbons (Fsp3) is 0.143. The summed E-state index contributed by atoms with van der Waals surface area (Å²) in [7, 11) is -2.42. The van der Waals surface area contributed by atoms with Crippen molar-refractivity contribution in [3.63, 3.8) is 0 Å². The highest BCUT2D eigenvalue weighted by Gasteiger charge is 2.23. The molecule has 0 fully saturated rings. The van der Waals surface area contributed by atoms with Gasteiger partial charge < -0.3 is 0 Å². The maximum absolute atomic E-state index is 10.7. The Morgan fingerprint density at radius 1 is 1.46 bits per heavy atom. The number of rotatable bonds is 1. The number of hydrogen-bond donors (Lipinski definition) is 0. The topological polar surface area (TPSA) is 51.2 Å². The minimum atomic E-state index is -2.42. The van der Waals surface area contributed by atoms with Gasteiger partial charge in [0.1, 0.15) is 5.38 Å². The first kappa shape index (κ1) is 10.5. The van der Waals surface area contributed by atoms with E-state index in [-0.39, 0.29) is 10.4 Å². The van der Waals surface area contributed by atoms with Crippen LogP contribution >= 0.6 is 23.2 Å². The van der Waals surface area contributed by atoms with Gasteiger partial charge in [0.15, 0.2) is 0 Å². The molecule has 3 nitrogen and oxygen atoms in total. The van der Waals surface area contributed by atoms with Crippen LogP contribution in [0.1, 0.15) is 0 Å². The van der Waals surface area contributed by atoms with Crippen LogP contribution in [0.2, 0.25) is 0 Å². The van der Waals surface area contributed by atoms with Gasteiger partial charge in [0.2, 0.25) is 15.5 Å². The van der Waals surface area contributed by atoms with E-state index in [2.05, 4.69) is 0 Å². The third kappa shape index (κ3) is 2.21. The summed E-state index contributed by atoms with van der Waals surface area (Å²) >= 11 is 10.9. The lowest BCUT2D eigenvalue weighted by Gasteiger charge is -2.10. The van der Waals surface area contributed by atoms with E-state index in [9.17, 15) is 13.2 Å². The van der Waals surface area contributed by atoms with E-state index in [4.69, 9.17) is 23.2 Å². The zero-order valence-corrected chi connectivity index (χ0v) is 8.53. The van der Waals surface area contributed by atoms with Crippen LogP contribution in [0.25, 0.3) is 0 Å². The van der Waals surface area contributed by atoms with E-state index in [0.717, 1.165) is 0 Å². The predicted molar refractivity (Wildman–Crippen MR) is 51.7 cm³/mol. The number of halogens is 2. The van der Waals surface area contributed by atoms with Gasteiger partial charge in [0.25, 0.3) is 0 Å². The number of carbonyl (C=O) groups is 1. The fourth-order valence-electron chi connectivity index (χ4n) is 0.874. The molecule has 70 valence electrons. The van der Waals surface area contributed by atoms with Crippen LogP contribution in [0.3, 0.4) is 0 Å². The monoisotopic (exact) mass is 238 g/mol. The Kier molecular flexibility index (Phi) is 3.30. The number of alkyl halides is 1. The summed E-state index contributed by atoms with van der Waals surface area (Å²) in [6, 6.07) is 0. The lowest BCUT2D eigenvalue weighted by atomic mass is 10.1. The first-order valence-electron chi connectivity index (χ1n) is 3.22. The van der Waals surface area contributed by atoms with Crippen LogP contribution in [0.5, 0.6) is 0 Å². The summed E-state index contributed by atoms with van der Waals surface area (Å²) < 4.78 is 21.2. The summed E-state index contributed by atoms with van der Waals surface area (Å²) in [6.07, 6.45) is 4.13. The SMILES string of the molecule is O=C(Cl)C1=CC=CC(=S(=O)=O)C1Cl. The second kappa shape index (κ2) is 4.09. The van der Waals surface area contributed by atoms with Crippen molar-refractivity contribution in [2.24, 2.45) is 0 Å². The average molecular weight is 239 g/mol. The zero-order chi connectivity index (χ0) is 10.0. The van der Waals surface area contributed by atoms with Gasteiger partial charge in [-0.3, -0.25) is 4.79 Å². The second-order valence-corrected chi connectivity index (χ2v) is 3.98. The van der Waals surface area contributed by atoms with Gasteiger partial charge in [-0.2, -0.15) is 8.42 Å². The van der Waals surface area contributed by atoms with E-state index in [1.165, 1.54) is 18.2 Å². The first-order valence-corrected chi connectivity index (χ1v) is 5.11. The fourth-order valence-corrected chi connectivity index (χ4v) is 2.05. The molecule has 1 unspecified atom stereocenters. The van der Waals surface area contributed by atoms with E-state index >= 15 is 0 Å². The van der Waals surface area contributed by atoms with Gasteiger partial charge in [0, 0.05) is 5.57 Å². The van der Waals surface area contributed by atoms with Crippen molar-refractivity contribution < 1.29 is 13.2 Å². The van der Waals surface area contributed by atoms with Crippen LogP contribution in [0.4, 0.5) is 0 Å². The highest BCUT2D eigenvalue weighted by atomic mass is 35.5. The van der Waals surface area contributed by atoms with Crippen molar-refractivity contribution in [1.82, 2.24) is 0 Å². The van der Waals surface area contributed by atoms with E-state index in [0.29, 0.717) is 0 Å². The Morgan fingerprint density at radius 3 is 2.54 bits per heavy atom. The van der Waals surface area contributed by atoms with Gasteiger partial charge in [-0.1, -0.05) is 12.2 Å². The third-order valence-electron chi connectivity index (χ3n) is 1.48. The molecule has 0 aliphatic heterocycles. The Balaban J connectivity index is 3.23. The summed E-state index contributed by atoms with van der Waals surface area (Å²) in [5.41, 5.74) is 0.0741. The van der Waals surface area contributed by atoms with Gasteiger partial charge in [-0.25, -0.2) is 0 Å². The molecule has 0 bridgehead atoms. The quantitative estimate of drug-likeness (QED) is 0.388. The molecule has 1 aliphatic rings. The predicted octanol–water partition coefficient (Wildman–Crippen LogP) is 0.907. The molecule has 1 rings (SSSR count). The van der Waals surface area contributed by atoms with Crippen LogP contribution in [-0.2, 0) is 15.1 Å². The van der Waals surface area contributed by atoms with Crippen molar-refractivity contribution in [3.05, 3.63) is 23.8 Å². The number of hydrogen-bond acceptors (Lipinski definition) is 3. The molecule has 0 amide bonds. The Labute approximate surface area is 86.2 Å². The number of carbonyl (C=O) groups excluding carboxylic acids is 1. The second-order valence-electron chi connectivity index (χ2n) is 2.25. The number of allylic oxidation sites excluding steroid dienone is 4. The lowest BCUT2D eigenvalue weighted by molar-refractivity contribution is -0.108. The van der Waals surface area contributed by atoms with Crippen molar-refractivity contribution in [3.8, 4) is 0 Å². The largest absolute Gasteiger partial charge is 0.276 e. The molecule has 0 N–H and O–H groups in total. The molecule has 0 saturated heterocycles.